The van der Waals surface area contributed by atoms with Crippen LogP contribution in [0.2, 0.25) is 0 Å². The molecule has 0 heterocycles. The first kappa shape index (κ1) is 11.0. The van der Waals surface area contributed by atoms with Crippen LogP contribution < -0.4 is 0 Å². The zero-order valence-electron chi connectivity index (χ0n) is 9.20. The second kappa shape index (κ2) is 4.58. The van der Waals surface area contributed by atoms with E-state index >= 15 is 0 Å². The molecule has 1 fully saturated rings. The molecule has 1 aromatic carbocycles. The summed E-state index contributed by atoms with van der Waals surface area (Å²) in [5.41, 5.74) is 1.57. The number of rotatable bonds is 4. The fraction of sp³-hybridized carbons (Fsp3) is 0.538. The van der Waals surface area contributed by atoms with Crippen LogP contribution in [0.4, 0.5) is 0 Å². The second-order valence-corrected chi connectivity index (χ2v) is 5.42. The average Bonchev–Trinajstić information content (AvgIpc) is 2.24. The smallest absolute Gasteiger partial charge is 0.0490 e. The van der Waals surface area contributed by atoms with Crippen molar-refractivity contribution in [1.29, 1.82) is 0 Å². The molecule has 1 aromatic rings. The van der Waals surface area contributed by atoms with Gasteiger partial charge in [0.1, 0.15) is 0 Å². The van der Waals surface area contributed by atoms with Gasteiger partial charge in [-0.2, -0.15) is 0 Å². The monoisotopic (exact) mass is 222 g/mol. The Labute approximate surface area is 95.9 Å². The van der Waals surface area contributed by atoms with Crippen LogP contribution in [0.5, 0.6) is 0 Å². The second-order valence-electron chi connectivity index (χ2n) is 4.54. The molecule has 0 aliphatic heterocycles. The molecule has 1 nitrogen and oxygen atoms in total. The molecular formula is C13H18OS. The number of aliphatic hydroxyl groups excluding tert-OH is 1. The van der Waals surface area contributed by atoms with Gasteiger partial charge in [-0.25, -0.2) is 0 Å². The Morgan fingerprint density at radius 1 is 1.27 bits per heavy atom. The summed E-state index contributed by atoms with van der Waals surface area (Å²) in [6.07, 6.45) is 6.79. The number of benzene rings is 1. The lowest BCUT2D eigenvalue weighted by atomic mass is 9.66. The third-order valence-corrected chi connectivity index (χ3v) is 4.23. The number of hydrogen-bond acceptors (Lipinski definition) is 2. The molecule has 1 aliphatic carbocycles. The van der Waals surface area contributed by atoms with Crippen molar-refractivity contribution in [1.82, 2.24) is 0 Å². The molecular weight excluding hydrogens is 204 g/mol. The van der Waals surface area contributed by atoms with Gasteiger partial charge in [-0.05, 0) is 48.6 Å². The molecule has 15 heavy (non-hydrogen) atoms. The Kier molecular flexibility index (Phi) is 3.37. The van der Waals surface area contributed by atoms with Gasteiger partial charge in [0.15, 0.2) is 0 Å². The maximum atomic E-state index is 9.39. The van der Waals surface area contributed by atoms with Crippen molar-refractivity contribution in [2.45, 2.75) is 30.6 Å². The SMILES string of the molecule is CSc1ccc(CC2(CO)CCC2)cc1. The van der Waals surface area contributed by atoms with Gasteiger partial charge in [0, 0.05) is 11.5 Å². The fourth-order valence-corrected chi connectivity index (χ4v) is 2.65. The highest BCUT2D eigenvalue weighted by Gasteiger charge is 2.36. The normalized spacial score (nSPS) is 18.5. The van der Waals surface area contributed by atoms with Crippen molar-refractivity contribution >= 4 is 11.8 Å². The first-order chi connectivity index (χ1) is 7.28. The molecule has 82 valence electrons. The predicted molar refractivity (Wildman–Crippen MR) is 65.3 cm³/mol. The highest BCUT2D eigenvalue weighted by atomic mass is 32.2. The molecule has 0 aromatic heterocycles. The van der Waals surface area contributed by atoms with Crippen molar-refractivity contribution < 1.29 is 5.11 Å². The van der Waals surface area contributed by atoms with E-state index in [1.54, 1.807) is 11.8 Å². The van der Waals surface area contributed by atoms with Crippen molar-refractivity contribution in [2.75, 3.05) is 12.9 Å². The first-order valence-corrected chi connectivity index (χ1v) is 6.74. The van der Waals surface area contributed by atoms with E-state index in [0.29, 0.717) is 6.61 Å². The quantitative estimate of drug-likeness (QED) is 0.790. The molecule has 0 bridgehead atoms. The van der Waals surface area contributed by atoms with Gasteiger partial charge in [0.2, 0.25) is 0 Å². The Balaban J connectivity index is 2.03. The van der Waals surface area contributed by atoms with Crippen molar-refractivity contribution in [3.05, 3.63) is 29.8 Å². The van der Waals surface area contributed by atoms with E-state index in [-0.39, 0.29) is 5.41 Å². The zero-order chi connectivity index (χ0) is 10.7. The summed E-state index contributed by atoms with van der Waals surface area (Å²) < 4.78 is 0. The van der Waals surface area contributed by atoms with Crippen molar-refractivity contribution in [3.8, 4) is 0 Å². The van der Waals surface area contributed by atoms with Crippen LogP contribution in [0.1, 0.15) is 24.8 Å². The van der Waals surface area contributed by atoms with Gasteiger partial charge < -0.3 is 5.11 Å². The molecule has 1 aliphatic rings. The Morgan fingerprint density at radius 2 is 1.93 bits per heavy atom. The minimum atomic E-state index is 0.209. The topological polar surface area (TPSA) is 20.2 Å². The first-order valence-electron chi connectivity index (χ1n) is 5.52. The van der Waals surface area contributed by atoms with Gasteiger partial charge in [-0.3, -0.25) is 0 Å². The maximum absolute atomic E-state index is 9.39. The van der Waals surface area contributed by atoms with Crippen LogP contribution in [-0.4, -0.2) is 18.0 Å². The van der Waals surface area contributed by atoms with Gasteiger partial charge in [-0.1, -0.05) is 18.6 Å². The highest BCUT2D eigenvalue weighted by Crippen LogP contribution is 2.43. The molecule has 2 heteroatoms. The largest absolute Gasteiger partial charge is 0.396 e. The third-order valence-electron chi connectivity index (χ3n) is 3.49. The summed E-state index contributed by atoms with van der Waals surface area (Å²) in [7, 11) is 0. The molecule has 0 atom stereocenters. The van der Waals surface area contributed by atoms with E-state index in [4.69, 9.17) is 0 Å². The van der Waals surface area contributed by atoms with Crippen molar-refractivity contribution in [3.63, 3.8) is 0 Å². The molecule has 0 amide bonds. The van der Waals surface area contributed by atoms with Gasteiger partial charge >= 0.3 is 0 Å². The van der Waals surface area contributed by atoms with E-state index in [2.05, 4.69) is 30.5 Å². The Morgan fingerprint density at radius 3 is 2.33 bits per heavy atom. The Hall–Kier alpha value is -0.470. The average molecular weight is 222 g/mol. The summed E-state index contributed by atoms with van der Waals surface area (Å²) in [6, 6.07) is 8.73. The minimum Gasteiger partial charge on any atom is -0.396 e. The van der Waals surface area contributed by atoms with E-state index in [9.17, 15) is 5.11 Å². The van der Waals surface area contributed by atoms with Gasteiger partial charge in [-0.15, -0.1) is 11.8 Å². The molecule has 1 N–H and O–H groups in total. The van der Waals surface area contributed by atoms with Crippen LogP contribution in [0.3, 0.4) is 0 Å². The van der Waals surface area contributed by atoms with Crippen LogP contribution in [0.25, 0.3) is 0 Å². The summed E-state index contributed by atoms with van der Waals surface area (Å²) in [6.45, 7) is 0.345. The van der Waals surface area contributed by atoms with Gasteiger partial charge in [0.05, 0.1) is 0 Å². The highest BCUT2D eigenvalue weighted by molar-refractivity contribution is 7.98. The number of aliphatic hydroxyl groups is 1. The molecule has 2 rings (SSSR count). The standard InChI is InChI=1S/C13H18OS/c1-15-12-5-3-11(4-6-12)9-13(10-14)7-2-8-13/h3-6,14H,2,7-10H2,1H3. The third kappa shape index (κ3) is 2.37. The molecule has 1 saturated carbocycles. The summed E-state index contributed by atoms with van der Waals surface area (Å²) >= 11 is 1.77. The van der Waals surface area contributed by atoms with E-state index in [1.165, 1.54) is 29.7 Å². The lowest BCUT2D eigenvalue weighted by Crippen LogP contribution is -2.35. The summed E-state index contributed by atoms with van der Waals surface area (Å²) in [4.78, 5) is 1.31. The summed E-state index contributed by atoms with van der Waals surface area (Å²) in [5.74, 6) is 0. The van der Waals surface area contributed by atoms with Gasteiger partial charge in [0.25, 0.3) is 0 Å². The van der Waals surface area contributed by atoms with Crippen molar-refractivity contribution in [2.24, 2.45) is 5.41 Å². The van der Waals surface area contributed by atoms with Crippen LogP contribution in [-0.2, 0) is 6.42 Å². The Bertz CT molecular complexity index is 308. The van der Waals surface area contributed by atoms with E-state index < -0.39 is 0 Å². The number of thioether (sulfide) groups is 1. The lowest BCUT2D eigenvalue weighted by Gasteiger charge is -2.40. The molecule has 0 unspecified atom stereocenters. The van der Waals surface area contributed by atoms with Crippen LogP contribution in [0.15, 0.2) is 29.2 Å². The zero-order valence-corrected chi connectivity index (χ0v) is 10.0. The lowest BCUT2D eigenvalue weighted by molar-refractivity contribution is 0.0450. The fourth-order valence-electron chi connectivity index (χ4n) is 2.24. The van der Waals surface area contributed by atoms with E-state index in [1.807, 2.05) is 0 Å². The van der Waals surface area contributed by atoms with Crippen LogP contribution >= 0.6 is 11.8 Å². The molecule has 0 radical (unpaired) electrons. The summed E-state index contributed by atoms with van der Waals surface area (Å²) in [5, 5.41) is 9.39. The number of hydrogen-bond donors (Lipinski definition) is 1. The maximum Gasteiger partial charge on any atom is 0.0490 e. The molecule has 0 spiro atoms. The predicted octanol–water partition coefficient (Wildman–Crippen LogP) is 3.11. The minimum absolute atomic E-state index is 0.209. The van der Waals surface area contributed by atoms with Crippen LogP contribution in [0, 0.1) is 5.41 Å². The van der Waals surface area contributed by atoms with E-state index in [0.717, 1.165) is 6.42 Å². The molecule has 0 saturated heterocycles.